The van der Waals surface area contributed by atoms with E-state index >= 15 is 0 Å². The second-order valence-electron chi connectivity index (χ2n) is 7.70. The minimum atomic E-state index is 0.799. The van der Waals surface area contributed by atoms with Gasteiger partial charge in [0.25, 0.3) is 5.65 Å². The van der Waals surface area contributed by atoms with Crippen molar-refractivity contribution < 1.29 is 4.40 Å². The van der Waals surface area contributed by atoms with E-state index < -0.39 is 0 Å². The maximum atomic E-state index is 4.80. The largest absolute Gasteiger partial charge is 0.684 e. The molecule has 6 rings (SSSR count). The normalized spacial score (nSPS) is 11.6. The van der Waals surface area contributed by atoms with Gasteiger partial charge in [-0.25, -0.2) is 0 Å². The molecule has 0 amide bonds. The third-order valence-corrected chi connectivity index (χ3v) is 5.83. The fourth-order valence-electron chi connectivity index (χ4n) is 4.35. The van der Waals surface area contributed by atoms with E-state index in [9.17, 15) is 0 Å². The van der Waals surface area contributed by atoms with Crippen LogP contribution >= 0.6 is 0 Å². The zero-order valence-electron chi connectivity index (χ0n) is 16.6. The van der Waals surface area contributed by atoms with Gasteiger partial charge in [-0.2, -0.15) is 8.80 Å². The first-order valence-corrected chi connectivity index (χ1v) is 10.4. The summed E-state index contributed by atoms with van der Waals surface area (Å²) >= 11 is 0. The predicted octanol–water partition coefficient (Wildman–Crippen LogP) is 6.23. The molecular weight excluding hydrogens is 366 g/mol. The molecular formula is C27H21N3. The van der Waals surface area contributed by atoms with E-state index in [1.165, 1.54) is 38.5 Å². The smallest absolute Gasteiger partial charge is 0.292 e. The molecule has 144 valence electrons. The van der Waals surface area contributed by atoms with Crippen LogP contribution in [0.4, 0.5) is 5.69 Å². The second-order valence-corrected chi connectivity index (χ2v) is 7.70. The van der Waals surface area contributed by atoms with Crippen molar-refractivity contribution in [3.63, 3.8) is 0 Å². The monoisotopic (exact) mass is 387 g/mol. The van der Waals surface area contributed by atoms with Crippen molar-refractivity contribution >= 4 is 38.7 Å². The molecule has 0 fully saturated rings. The van der Waals surface area contributed by atoms with Crippen molar-refractivity contribution in [2.75, 3.05) is 6.54 Å². The van der Waals surface area contributed by atoms with E-state index in [0.29, 0.717) is 0 Å². The summed E-state index contributed by atoms with van der Waals surface area (Å²) in [6, 6.07) is 34.3. The first kappa shape index (κ1) is 17.0. The topological polar surface area (TPSA) is 22.6 Å². The molecule has 3 nitrogen and oxygen atoms in total. The Kier molecular flexibility index (Phi) is 3.91. The van der Waals surface area contributed by atoms with Gasteiger partial charge in [0.15, 0.2) is 5.52 Å². The van der Waals surface area contributed by atoms with E-state index in [2.05, 4.69) is 112 Å². The fraction of sp³-hybridized carbons (Fsp3) is 0.0741. The standard InChI is InChI=1S/C27H21N3/c1-2-6-20(7-3-1)16-17-28-23-12-14-25-22(18-23)11-15-27-29(25)19-24-13-10-21-8-4-5-9-26(21)30(24)27/h1-15,18-19H,16-17H2. The summed E-state index contributed by atoms with van der Waals surface area (Å²) in [7, 11) is 0. The highest BCUT2D eigenvalue weighted by atomic mass is 15.1. The molecule has 0 saturated heterocycles. The van der Waals surface area contributed by atoms with Gasteiger partial charge in [-0.1, -0.05) is 60.7 Å². The van der Waals surface area contributed by atoms with Crippen molar-refractivity contribution in [2.45, 2.75) is 6.42 Å². The zero-order chi connectivity index (χ0) is 19.9. The van der Waals surface area contributed by atoms with Crippen LogP contribution < -0.4 is 4.40 Å². The molecule has 0 aliphatic rings. The molecule has 0 aliphatic heterocycles. The van der Waals surface area contributed by atoms with Crippen LogP contribution in [0, 0.1) is 0 Å². The number of pyridine rings is 2. The third-order valence-electron chi connectivity index (χ3n) is 5.83. The molecule has 3 aromatic heterocycles. The van der Waals surface area contributed by atoms with Gasteiger partial charge < -0.3 is 5.32 Å². The summed E-state index contributed by atoms with van der Waals surface area (Å²) in [6.45, 7) is 0.799. The minimum absolute atomic E-state index is 0.799. The van der Waals surface area contributed by atoms with Gasteiger partial charge in [-0.05, 0) is 42.3 Å². The highest BCUT2D eigenvalue weighted by molar-refractivity contribution is 5.86. The second kappa shape index (κ2) is 6.89. The van der Waals surface area contributed by atoms with Gasteiger partial charge in [-0.15, -0.1) is 12.2 Å². The molecule has 0 aliphatic carbocycles. The van der Waals surface area contributed by atoms with E-state index in [-0.39, 0.29) is 0 Å². The SMILES string of the molecule is c1ccc(CC[N-]c2ccc3c(ccc4n5c(ccc6ccccc65)c[n+]34)c2)cc1. The molecule has 3 heterocycles. The molecule has 0 radical (unpaired) electrons. The number of benzene rings is 3. The van der Waals surface area contributed by atoms with Gasteiger partial charge in [0.2, 0.25) is 0 Å². The third kappa shape index (κ3) is 2.79. The van der Waals surface area contributed by atoms with Crippen LogP contribution in [0.15, 0.2) is 103 Å². The first-order chi connectivity index (χ1) is 14.9. The first-order valence-electron chi connectivity index (χ1n) is 10.4. The number of fused-ring (bicyclic) bond motifs is 7. The van der Waals surface area contributed by atoms with Crippen molar-refractivity contribution in [3.05, 3.63) is 114 Å². The maximum absolute atomic E-state index is 4.80. The van der Waals surface area contributed by atoms with Gasteiger partial charge >= 0.3 is 0 Å². The molecule has 3 heteroatoms. The molecule has 6 aromatic rings. The van der Waals surface area contributed by atoms with E-state index in [1.807, 2.05) is 0 Å². The van der Waals surface area contributed by atoms with E-state index in [0.717, 1.165) is 18.7 Å². The summed E-state index contributed by atoms with van der Waals surface area (Å²) in [5.41, 5.74) is 7.15. The number of hydrogen-bond acceptors (Lipinski definition) is 0. The van der Waals surface area contributed by atoms with Crippen molar-refractivity contribution in [1.82, 2.24) is 4.40 Å². The van der Waals surface area contributed by atoms with Crippen LogP contribution in [0.3, 0.4) is 0 Å². The van der Waals surface area contributed by atoms with Crippen molar-refractivity contribution in [2.24, 2.45) is 0 Å². The lowest BCUT2D eigenvalue weighted by atomic mass is 10.1. The van der Waals surface area contributed by atoms with Gasteiger partial charge in [0.05, 0.1) is 0 Å². The minimum Gasteiger partial charge on any atom is -0.684 e. The summed E-state index contributed by atoms with van der Waals surface area (Å²) in [4.78, 5) is 0. The predicted molar refractivity (Wildman–Crippen MR) is 124 cm³/mol. The molecule has 0 saturated carbocycles. The number of para-hydroxylation sites is 1. The van der Waals surface area contributed by atoms with Crippen LogP contribution in [0.1, 0.15) is 5.56 Å². The van der Waals surface area contributed by atoms with E-state index in [4.69, 9.17) is 5.32 Å². The molecule has 0 spiro atoms. The number of hydrogen-bond donors (Lipinski definition) is 0. The average molecular weight is 387 g/mol. The van der Waals surface area contributed by atoms with Crippen LogP contribution in [0.5, 0.6) is 0 Å². The highest BCUT2D eigenvalue weighted by Crippen LogP contribution is 2.25. The summed E-state index contributed by atoms with van der Waals surface area (Å²) in [6.07, 6.45) is 3.18. The molecule has 0 N–H and O–H groups in total. The van der Waals surface area contributed by atoms with Crippen molar-refractivity contribution in [1.29, 1.82) is 0 Å². The Hall–Kier alpha value is -3.85. The zero-order valence-corrected chi connectivity index (χ0v) is 16.6. The van der Waals surface area contributed by atoms with Crippen molar-refractivity contribution in [3.8, 4) is 0 Å². The Labute approximate surface area is 174 Å². The quantitative estimate of drug-likeness (QED) is 0.320. The highest BCUT2D eigenvalue weighted by Gasteiger charge is 2.16. The lowest BCUT2D eigenvalue weighted by molar-refractivity contribution is -0.479. The van der Waals surface area contributed by atoms with Crippen LogP contribution in [-0.2, 0) is 6.42 Å². The lowest BCUT2D eigenvalue weighted by Gasteiger charge is -2.21. The molecule has 0 unspecified atom stereocenters. The van der Waals surface area contributed by atoms with Gasteiger partial charge in [-0.3, -0.25) is 0 Å². The Morgan fingerprint density at radius 3 is 2.50 bits per heavy atom. The maximum Gasteiger partial charge on any atom is 0.292 e. The van der Waals surface area contributed by atoms with Crippen LogP contribution in [-0.4, -0.2) is 10.9 Å². The molecule has 3 aromatic carbocycles. The lowest BCUT2D eigenvalue weighted by Crippen LogP contribution is -2.19. The summed E-state index contributed by atoms with van der Waals surface area (Å²) < 4.78 is 4.61. The summed E-state index contributed by atoms with van der Waals surface area (Å²) in [5, 5.41) is 7.25. The van der Waals surface area contributed by atoms with Gasteiger partial charge in [0.1, 0.15) is 17.2 Å². The molecule has 0 atom stereocenters. The Bertz CT molecular complexity index is 1510. The summed E-state index contributed by atoms with van der Waals surface area (Å²) in [5.74, 6) is 0. The van der Waals surface area contributed by atoms with Crippen LogP contribution in [0.2, 0.25) is 0 Å². The Balaban J connectivity index is 1.39. The van der Waals surface area contributed by atoms with E-state index in [1.54, 1.807) is 0 Å². The number of rotatable bonds is 4. The average Bonchev–Trinajstić information content (AvgIpc) is 3.19. The van der Waals surface area contributed by atoms with Crippen LogP contribution in [0.25, 0.3) is 38.3 Å². The number of nitrogens with zero attached hydrogens (tertiary/aromatic N) is 3. The van der Waals surface area contributed by atoms with Gasteiger partial charge in [0, 0.05) is 16.8 Å². The number of imidazole rings is 1. The Morgan fingerprint density at radius 1 is 0.733 bits per heavy atom. The molecule has 30 heavy (non-hydrogen) atoms. The fourth-order valence-corrected chi connectivity index (χ4v) is 4.35. The molecule has 0 bridgehead atoms. The number of aromatic nitrogens is 2. The Morgan fingerprint density at radius 2 is 1.57 bits per heavy atom.